The highest BCUT2D eigenvalue weighted by Crippen LogP contribution is 2.26. The summed E-state index contributed by atoms with van der Waals surface area (Å²) in [6.45, 7) is 4.32. The summed E-state index contributed by atoms with van der Waals surface area (Å²) in [5.41, 5.74) is 1.11. The number of ether oxygens (including phenoxy) is 1. The molecular weight excluding hydrogens is 402 g/mol. The molecule has 156 valence electrons. The molecule has 6 nitrogen and oxygen atoms in total. The van der Waals surface area contributed by atoms with Crippen molar-refractivity contribution in [1.82, 2.24) is 14.5 Å². The Morgan fingerprint density at radius 1 is 1.07 bits per heavy atom. The number of hydrogen-bond donors (Lipinski definition) is 1. The van der Waals surface area contributed by atoms with Crippen LogP contribution < -0.4 is 16.0 Å². The van der Waals surface area contributed by atoms with Crippen LogP contribution in [0.5, 0.6) is 11.5 Å². The van der Waals surface area contributed by atoms with Crippen molar-refractivity contribution in [3.8, 4) is 11.5 Å². The van der Waals surface area contributed by atoms with Crippen LogP contribution in [0.4, 0.5) is 0 Å². The minimum absolute atomic E-state index is 0.115. The Morgan fingerprint density at radius 2 is 1.80 bits per heavy atom. The van der Waals surface area contributed by atoms with Crippen LogP contribution in [-0.4, -0.2) is 27.5 Å². The van der Waals surface area contributed by atoms with Crippen LogP contribution in [0.3, 0.4) is 0 Å². The normalized spacial score (nSPS) is 15.3. The van der Waals surface area contributed by atoms with Gasteiger partial charge in [-0.1, -0.05) is 23.7 Å². The number of H-pyrrole nitrogens is 1. The number of benzene rings is 2. The number of nitrogens with one attached hydrogen (secondary N) is 1. The van der Waals surface area contributed by atoms with Crippen molar-refractivity contribution in [1.29, 1.82) is 0 Å². The molecule has 1 aromatic heterocycles. The van der Waals surface area contributed by atoms with Gasteiger partial charge in [-0.05, 0) is 61.7 Å². The lowest BCUT2D eigenvalue weighted by molar-refractivity contribution is 0.177. The smallest absolute Gasteiger partial charge is 0.328 e. The van der Waals surface area contributed by atoms with Crippen LogP contribution in [0.2, 0.25) is 5.02 Å². The predicted molar refractivity (Wildman–Crippen MR) is 118 cm³/mol. The van der Waals surface area contributed by atoms with Gasteiger partial charge in [0.05, 0.1) is 0 Å². The summed E-state index contributed by atoms with van der Waals surface area (Å²) < 4.78 is 7.60. The van der Waals surface area contributed by atoms with Crippen molar-refractivity contribution < 1.29 is 4.74 Å². The van der Waals surface area contributed by atoms with Gasteiger partial charge in [0.2, 0.25) is 0 Å². The topological polar surface area (TPSA) is 67.3 Å². The molecular formula is C23H24ClN3O3. The van der Waals surface area contributed by atoms with E-state index in [1.54, 1.807) is 29.8 Å². The van der Waals surface area contributed by atoms with E-state index in [0.717, 1.165) is 44.0 Å². The minimum atomic E-state index is -0.323. The van der Waals surface area contributed by atoms with Gasteiger partial charge in [-0.3, -0.25) is 19.2 Å². The monoisotopic (exact) mass is 425 g/mol. The molecule has 1 aliphatic heterocycles. The summed E-state index contributed by atoms with van der Waals surface area (Å²) in [5.74, 6) is 1.54. The Balaban J connectivity index is 1.37. The Bertz CT molecular complexity index is 1130. The van der Waals surface area contributed by atoms with Gasteiger partial charge in [0.25, 0.3) is 5.56 Å². The Labute approximate surface area is 179 Å². The summed E-state index contributed by atoms with van der Waals surface area (Å²) in [4.78, 5) is 28.5. The van der Waals surface area contributed by atoms with Gasteiger partial charge < -0.3 is 4.74 Å². The van der Waals surface area contributed by atoms with Gasteiger partial charge in [-0.25, -0.2) is 4.79 Å². The van der Waals surface area contributed by atoms with Gasteiger partial charge in [0.15, 0.2) is 0 Å². The maximum atomic E-state index is 12.1. The second kappa shape index (κ2) is 8.90. The highest BCUT2D eigenvalue weighted by atomic mass is 35.5. The number of hydrogen-bond acceptors (Lipinski definition) is 4. The highest BCUT2D eigenvalue weighted by Gasteiger charge is 2.22. The lowest BCUT2D eigenvalue weighted by Gasteiger charge is -2.32. The average Bonchev–Trinajstić information content (AvgIpc) is 2.73. The molecule has 1 fully saturated rings. The number of likely N-dealkylation sites (tertiary alicyclic amines) is 1. The minimum Gasteiger partial charge on any atom is -0.457 e. The van der Waals surface area contributed by atoms with Gasteiger partial charge in [0.1, 0.15) is 11.5 Å². The van der Waals surface area contributed by atoms with E-state index < -0.39 is 0 Å². The summed E-state index contributed by atoms with van der Waals surface area (Å²) in [7, 11) is 0. The van der Waals surface area contributed by atoms with Crippen LogP contribution >= 0.6 is 11.6 Å². The SMILES string of the molecule is Cc1cn(C2CCN(Cc3cccc(Oc4ccc(Cl)cc4)c3)CC2)c(=O)[nH]c1=O. The first kappa shape index (κ1) is 20.4. The number of rotatable bonds is 5. The zero-order chi connectivity index (χ0) is 21.1. The molecule has 0 radical (unpaired) electrons. The number of piperidine rings is 1. The largest absolute Gasteiger partial charge is 0.457 e. The van der Waals surface area contributed by atoms with E-state index >= 15 is 0 Å². The highest BCUT2D eigenvalue weighted by molar-refractivity contribution is 6.30. The fourth-order valence-electron chi connectivity index (χ4n) is 3.82. The zero-order valence-electron chi connectivity index (χ0n) is 16.8. The van der Waals surface area contributed by atoms with Crippen LogP contribution in [0, 0.1) is 6.92 Å². The van der Waals surface area contributed by atoms with Gasteiger partial charge in [-0.2, -0.15) is 0 Å². The van der Waals surface area contributed by atoms with Crippen molar-refractivity contribution in [2.75, 3.05) is 13.1 Å². The molecule has 0 unspecified atom stereocenters. The molecule has 4 rings (SSSR count). The summed E-state index contributed by atoms with van der Waals surface area (Å²) >= 11 is 5.93. The standard InChI is InChI=1S/C23H24ClN3O3/c1-16-14-27(23(29)25-22(16)28)19-9-11-26(12-10-19)15-17-3-2-4-21(13-17)30-20-7-5-18(24)6-8-20/h2-8,13-14,19H,9-12,15H2,1H3,(H,25,28,29). The Kier molecular flexibility index (Phi) is 6.06. The Morgan fingerprint density at radius 3 is 2.53 bits per heavy atom. The summed E-state index contributed by atoms with van der Waals surface area (Å²) in [6.07, 6.45) is 3.41. The second-order valence-corrected chi connectivity index (χ2v) is 8.13. The van der Waals surface area contributed by atoms with Crippen LogP contribution in [0.1, 0.15) is 30.0 Å². The van der Waals surface area contributed by atoms with Crippen molar-refractivity contribution in [3.05, 3.63) is 91.7 Å². The molecule has 1 saturated heterocycles. The average molecular weight is 426 g/mol. The maximum absolute atomic E-state index is 12.1. The first-order valence-corrected chi connectivity index (χ1v) is 10.4. The molecule has 7 heteroatoms. The molecule has 1 N–H and O–H groups in total. The molecule has 0 bridgehead atoms. The van der Waals surface area contributed by atoms with Crippen molar-refractivity contribution in [2.24, 2.45) is 0 Å². The lowest BCUT2D eigenvalue weighted by Crippen LogP contribution is -2.39. The van der Waals surface area contributed by atoms with E-state index in [-0.39, 0.29) is 17.3 Å². The van der Waals surface area contributed by atoms with E-state index in [0.29, 0.717) is 10.6 Å². The van der Waals surface area contributed by atoms with E-state index in [1.165, 1.54) is 5.56 Å². The first-order valence-electron chi connectivity index (χ1n) is 10.0. The second-order valence-electron chi connectivity index (χ2n) is 7.69. The number of aromatic nitrogens is 2. The van der Waals surface area contributed by atoms with Crippen molar-refractivity contribution in [2.45, 2.75) is 32.4 Å². The van der Waals surface area contributed by atoms with E-state index in [4.69, 9.17) is 16.3 Å². The zero-order valence-corrected chi connectivity index (χ0v) is 17.6. The molecule has 0 aliphatic carbocycles. The quantitative estimate of drug-likeness (QED) is 0.667. The van der Waals surface area contributed by atoms with Gasteiger partial charge >= 0.3 is 5.69 Å². The number of nitrogens with zero attached hydrogens (tertiary/aromatic N) is 2. The summed E-state index contributed by atoms with van der Waals surface area (Å²) in [5, 5.41) is 0.679. The molecule has 0 spiro atoms. The molecule has 0 saturated carbocycles. The molecule has 30 heavy (non-hydrogen) atoms. The van der Waals surface area contributed by atoms with E-state index in [9.17, 15) is 9.59 Å². The molecule has 0 atom stereocenters. The molecule has 3 aromatic rings. The first-order chi connectivity index (χ1) is 14.5. The third-order valence-corrected chi connectivity index (χ3v) is 5.70. The molecule has 0 amide bonds. The maximum Gasteiger partial charge on any atom is 0.328 e. The molecule has 1 aliphatic rings. The third kappa shape index (κ3) is 4.83. The van der Waals surface area contributed by atoms with Gasteiger partial charge in [-0.15, -0.1) is 0 Å². The fourth-order valence-corrected chi connectivity index (χ4v) is 3.94. The summed E-state index contributed by atoms with van der Waals surface area (Å²) in [6, 6.07) is 15.5. The number of halogens is 1. The van der Waals surface area contributed by atoms with Gasteiger partial charge in [0, 0.05) is 42.5 Å². The lowest BCUT2D eigenvalue weighted by atomic mass is 10.0. The van der Waals surface area contributed by atoms with Crippen LogP contribution in [0.25, 0.3) is 0 Å². The van der Waals surface area contributed by atoms with E-state index in [2.05, 4.69) is 22.0 Å². The Hall–Kier alpha value is -2.83. The van der Waals surface area contributed by atoms with Crippen molar-refractivity contribution >= 4 is 11.6 Å². The molecule has 2 aromatic carbocycles. The van der Waals surface area contributed by atoms with Crippen LogP contribution in [0.15, 0.2) is 64.3 Å². The van der Waals surface area contributed by atoms with E-state index in [1.807, 2.05) is 24.3 Å². The fraction of sp³-hybridized carbons (Fsp3) is 0.304. The van der Waals surface area contributed by atoms with Crippen molar-refractivity contribution in [3.63, 3.8) is 0 Å². The predicted octanol–water partition coefficient (Wildman–Crippen LogP) is 4.13. The number of aryl methyl sites for hydroxylation is 1. The van der Waals surface area contributed by atoms with Crippen LogP contribution in [-0.2, 0) is 6.54 Å². The number of aromatic amines is 1. The molecule has 2 heterocycles. The third-order valence-electron chi connectivity index (χ3n) is 5.45.